The van der Waals surface area contributed by atoms with Gasteiger partial charge in [0.2, 0.25) is 5.91 Å². The normalized spacial score (nSPS) is 17.2. The fraction of sp³-hybridized carbons (Fsp3) is 0.188. The minimum Gasteiger partial charge on any atom is -0.504 e. The molecule has 102 valence electrons. The van der Waals surface area contributed by atoms with Gasteiger partial charge in [-0.05, 0) is 29.3 Å². The van der Waals surface area contributed by atoms with Crippen LogP contribution in [-0.4, -0.2) is 18.1 Å². The Morgan fingerprint density at radius 1 is 1.25 bits per heavy atom. The van der Waals surface area contributed by atoms with E-state index in [1.165, 1.54) is 7.11 Å². The molecule has 1 atom stereocenters. The Labute approximate surface area is 117 Å². The summed E-state index contributed by atoms with van der Waals surface area (Å²) in [6.45, 7) is 0. The molecule has 0 saturated heterocycles. The van der Waals surface area contributed by atoms with Gasteiger partial charge < -0.3 is 15.2 Å². The summed E-state index contributed by atoms with van der Waals surface area (Å²) in [4.78, 5) is 11.8. The molecule has 0 bridgehead atoms. The Kier molecular flexibility index (Phi) is 3.06. The fourth-order valence-corrected chi connectivity index (χ4v) is 2.63. The highest BCUT2D eigenvalue weighted by Crippen LogP contribution is 2.39. The average Bonchev–Trinajstić information content (AvgIpc) is 2.46. The number of carbonyl (C=O) groups excluding carboxylic acids is 1. The first-order chi connectivity index (χ1) is 9.69. The molecular weight excluding hydrogens is 254 g/mol. The number of phenols is 1. The second kappa shape index (κ2) is 4.89. The van der Waals surface area contributed by atoms with Gasteiger partial charge in [-0.2, -0.15) is 0 Å². The van der Waals surface area contributed by atoms with Gasteiger partial charge in [0.15, 0.2) is 11.5 Å². The second-order valence-electron chi connectivity index (χ2n) is 4.82. The molecule has 1 aliphatic heterocycles. The van der Waals surface area contributed by atoms with Crippen molar-refractivity contribution in [2.45, 2.75) is 12.3 Å². The maximum atomic E-state index is 11.8. The zero-order valence-electron chi connectivity index (χ0n) is 11.1. The molecule has 0 spiro atoms. The van der Waals surface area contributed by atoms with Crippen molar-refractivity contribution in [2.24, 2.45) is 0 Å². The molecule has 4 heteroatoms. The first-order valence-corrected chi connectivity index (χ1v) is 6.44. The summed E-state index contributed by atoms with van der Waals surface area (Å²) >= 11 is 0. The Morgan fingerprint density at radius 3 is 2.80 bits per heavy atom. The summed E-state index contributed by atoms with van der Waals surface area (Å²) in [5.41, 5.74) is 2.81. The van der Waals surface area contributed by atoms with Gasteiger partial charge in [-0.1, -0.05) is 24.3 Å². The number of nitrogens with one attached hydrogen (secondary N) is 1. The SMILES string of the molecule is COc1ccc(C2CC(=O)Nc3ccccc32)cc1O. The minimum absolute atomic E-state index is 0.0102. The third-order valence-electron chi connectivity index (χ3n) is 3.61. The lowest BCUT2D eigenvalue weighted by atomic mass is 9.85. The lowest BCUT2D eigenvalue weighted by molar-refractivity contribution is -0.116. The van der Waals surface area contributed by atoms with Gasteiger partial charge in [-0.3, -0.25) is 4.79 Å². The van der Waals surface area contributed by atoms with Gasteiger partial charge in [0, 0.05) is 18.0 Å². The van der Waals surface area contributed by atoms with Crippen LogP contribution in [0.5, 0.6) is 11.5 Å². The van der Waals surface area contributed by atoms with Gasteiger partial charge in [-0.15, -0.1) is 0 Å². The van der Waals surface area contributed by atoms with Crippen molar-refractivity contribution in [3.8, 4) is 11.5 Å². The number of anilines is 1. The first kappa shape index (κ1) is 12.5. The molecule has 0 saturated carbocycles. The number of hydrogen-bond donors (Lipinski definition) is 2. The summed E-state index contributed by atoms with van der Waals surface area (Å²) in [6, 6.07) is 13.0. The van der Waals surface area contributed by atoms with Crippen LogP contribution < -0.4 is 10.1 Å². The summed E-state index contributed by atoms with van der Waals surface area (Å²) < 4.78 is 5.05. The van der Waals surface area contributed by atoms with E-state index in [2.05, 4.69) is 5.32 Å². The van der Waals surface area contributed by atoms with E-state index in [4.69, 9.17) is 4.74 Å². The number of hydrogen-bond acceptors (Lipinski definition) is 3. The summed E-state index contributed by atoms with van der Waals surface area (Å²) in [7, 11) is 1.51. The highest BCUT2D eigenvalue weighted by molar-refractivity contribution is 5.95. The van der Waals surface area contributed by atoms with Crippen LogP contribution in [0.3, 0.4) is 0 Å². The van der Waals surface area contributed by atoms with Gasteiger partial charge in [0.25, 0.3) is 0 Å². The number of amides is 1. The van der Waals surface area contributed by atoms with Crippen LogP contribution in [0.1, 0.15) is 23.5 Å². The van der Waals surface area contributed by atoms with Crippen molar-refractivity contribution in [3.05, 3.63) is 53.6 Å². The standard InChI is InChI=1S/C16H15NO3/c1-20-15-7-6-10(8-14(15)18)12-9-16(19)17-13-5-3-2-4-11(12)13/h2-8,12,18H,9H2,1H3,(H,17,19). The first-order valence-electron chi connectivity index (χ1n) is 6.44. The molecule has 2 aromatic rings. The number of phenolic OH excluding ortho intramolecular Hbond substituents is 1. The molecule has 2 N–H and O–H groups in total. The van der Waals surface area contributed by atoms with Crippen molar-refractivity contribution in [2.75, 3.05) is 12.4 Å². The van der Waals surface area contributed by atoms with Crippen LogP contribution in [0.2, 0.25) is 0 Å². The molecule has 0 fully saturated rings. The number of ether oxygens (including phenoxy) is 1. The van der Waals surface area contributed by atoms with Gasteiger partial charge in [0.05, 0.1) is 7.11 Å². The Hall–Kier alpha value is -2.49. The highest BCUT2D eigenvalue weighted by Gasteiger charge is 2.26. The van der Waals surface area contributed by atoms with Crippen molar-refractivity contribution >= 4 is 11.6 Å². The third kappa shape index (κ3) is 2.09. The average molecular weight is 269 g/mol. The molecule has 1 unspecified atom stereocenters. The van der Waals surface area contributed by atoms with E-state index in [1.807, 2.05) is 30.3 Å². The van der Waals surface area contributed by atoms with Crippen molar-refractivity contribution in [1.29, 1.82) is 0 Å². The minimum atomic E-state index is -0.0447. The maximum absolute atomic E-state index is 11.8. The van der Waals surface area contributed by atoms with Crippen molar-refractivity contribution in [1.82, 2.24) is 0 Å². The van der Waals surface area contributed by atoms with E-state index in [0.717, 1.165) is 16.8 Å². The molecule has 2 aromatic carbocycles. The molecule has 1 aliphatic rings. The number of aromatic hydroxyl groups is 1. The number of fused-ring (bicyclic) bond motifs is 1. The fourth-order valence-electron chi connectivity index (χ4n) is 2.63. The molecule has 3 rings (SSSR count). The number of benzene rings is 2. The number of carbonyl (C=O) groups is 1. The molecule has 1 heterocycles. The molecule has 20 heavy (non-hydrogen) atoms. The van der Waals surface area contributed by atoms with Gasteiger partial charge >= 0.3 is 0 Å². The van der Waals surface area contributed by atoms with Crippen LogP contribution in [-0.2, 0) is 4.79 Å². The van der Waals surface area contributed by atoms with Crippen LogP contribution in [0.4, 0.5) is 5.69 Å². The number of para-hydroxylation sites is 1. The number of rotatable bonds is 2. The van der Waals surface area contributed by atoms with E-state index in [-0.39, 0.29) is 17.6 Å². The topological polar surface area (TPSA) is 58.6 Å². The maximum Gasteiger partial charge on any atom is 0.225 e. The second-order valence-corrected chi connectivity index (χ2v) is 4.82. The third-order valence-corrected chi connectivity index (χ3v) is 3.61. The predicted molar refractivity (Wildman–Crippen MR) is 76.2 cm³/mol. The van der Waals surface area contributed by atoms with Crippen molar-refractivity contribution in [3.63, 3.8) is 0 Å². The molecule has 1 amide bonds. The number of methoxy groups -OCH3 is 1. The Morgan fingerprint density at radius 2 is 2.05 bits per heavy atom. The predicted octanol–water partition coefficient (Wildman–Crippen LogP) is 2.87. The smallest absolute Gasteiger partial charge is 0.225 e. The van der Waals surface area contributed by atoms with E-state index < -0.39 is 0 Å². The van der Waals surface area contributed by atoms with Gasteiger partial charge in [-0.25, -0.2) is 0 Å². The van der Waals surface area contributed by atoms with Crippen LogP contribution >= 0.6 is 0 Å². The zero-order valence-corrected chi connectivity index (χ0v) is 11.1. The summed E-state index contributed by atoms with van der Waals surface area (Å²) in [5, 5.41) is 12.8. The Bertz CT molecular complexity index is 667. The lowest BCUT2D eigenvalue weighted by Crippen LogP contribution is -2.23. The van der Waals surface area contributed by atoms with E-state index >= 15 is 0 Å². The van der Waals surface area contributed by atoms with E-state index in [0.29, 0.717) is 12.2 Å². The lowest BCUT2D eigenvalue weighted by Gasteiger charge is -2.26. The molecule has 0 aliphatic carbocycles. The van der Waals surface area contributed by atoms with E-state index in [1.54, 1.807) is 12.1 Å². The zero-order chi connectivity index (χ0) is 14.1. The monoisotopic (exact) mass is 269 g/mol. The molecule has 0 radical (unpaired) electrons. The molecule has 4 nitrogen and oxygen atoms in total. The van der Waals surface area contributed by atoms with Crippen LogP contribution in [0.15, 0.2) is 42.5 Å². The van der Waals surface area contributed by atoms with E-state index in [9.17, 15) is 9.90 Å². The quantitative estimate of drug-likeness (QED) is 0.881. The van der Waals surface area contributed by atoms with Crippen LogP contribution in [0.25, 0.3) is 0 Å². The highest BCUT2D eigenvalue weighted by atomic mass is 16.5. The van der Waals surface area contributed by atoms with Gasteiger partial charge in [0.1, 0.15) is 0 Å². The Balaban J connectivity index is 2.06. The molecule has 0 aromatic heterocycles. The summed E-state index contributed by atoms with van der Waals surface area (Å²) in [5.74, 6) is 0.469. The van der Waals surface area contributed by atoms with Crippen LogP contribution in [0, 0.1) is 0 Å². The summed E-state index contributed by atoms with van der Waals surface area (Å²) in [6.07, 6.45) is 0.378. The molecular formula is C16H15NO3. The largest absolute Gasteiger partial charge is 0.504 e. The van der Waals surface area contributed by atoms with Crippen molar-refractivity contribution < 1.29 is 14.6 Å².